The minimum absolute atomic E-state index is 0. The SMILES string of the molecule is CCN(CC)Cc1[c-]cccc1.[Li+]. The van der Waals surface area contributed by atoms with E-state index >= 15 is 0 Å². The molecule has 0 saturated heterocycles. The first-order valence-electron chi connectivity index (χ1n) is 4.54. The summed E-state index contributed by atoms with van der Waals surface area (Å²) in [7, 11) is 0. The standard InChI is InChI=1S/C11H16N.Li/c1-3-12(4-2)10-11-8-6-5-7-9-11;/h5-8H,3-4,10H2,1-2H3;/q-1;+1. The van der Waals surface area contributed by atoms with Crippen molar-refractivity contribution in [1.82, 2.24) is 4.90 Å². The van der Waals surface area contributed by atoms with Crippen molar-refractivity contribution >= 4 is 0 Å². The van der Waals surface area contributed by atoms with Crippen molar-refractivity contribution in [2.45, 2.75) is 20.4 Å². The summed E-state index contributed by atoms with van der Waals surface area (Å²) in [5, 5.41) is 0. The molecule has 13 heavy (non-hydrogen) atoms. The molecule has 1 rings (SSSR count). The van der Waals surface area contributed by atoms with Crippen molar-refractivity contribution in [2.24, 2.45) is 0 Å². The summed E-state index contributed by atoms with van der Waals surface area (Å²) < 4.78 is 0. The largest absolute Gasteiger partial charge is 1.00 e. The van der Waals surface area contributed by atoms with Gasteiger partial charge in [-0.3, -0.25) is 0 Å². The number of hydrogen-bond donors (Lipinski definition) is 0. The van der Waals surface area contributed by atoms with E-state index in [4.69, 9.17) is 0 Å². The summed E-state index contributed by atoms with van der Waals surface area (Å²) in [5.41, 5.74) is 1.28. The fourth-order valence-electron chi connectivity index (χ4n) is 1.22. The van der Waals surface area contributed by atoms with E-state index in [0.29, 0.717) is 0 Å². The van der Waals surface area contributed by atoms with Gasteiger partial charge in [-0.25, -0.2) is 0 Å². The Hall–Kier alpha value is -0.223. The maximum Gasteiger partial charge on any atom is 1.00 e. The van der Waals surface area contributed by atoms with Gasteiger partial charge in [0.05, 0.1) is 0 Å². The van der Waals surface area contributed by atoms with Crippen LogP contribution in [0.15, 0.2) is 24.3 Å². The summed E-state index contributed by atoms with van der Waals surface area (Å²) in [6.45, 7) is 7.62. The molecule has 0 aliphatic rings. The summed E-state index contributed by atoms with van der Waals surface area (Å²) >= 11 is 0. The molecule has 1 aromatic carbocycles. The average molecular weight is 169 g/mol. The molecule has 1 nitrogen and oxygen atoms in total. The molecule has 0 radical (unpaired) electrons. The predicted octanol–water partition coefficient (Wildman–Crippen LogP) is -0.667. The Morgan fingerprint density at radius 3 is 2.38 bits per heavy atom. The van der Waals surface area contributed by atoms with Crippen LogP contribution in [0.5, 0.6) is 0 Å². The van der Waals surface area contributed by atoms with E-state index in [1.807, 2.05) is 12.1 Å². The van der Waals surface area contributed by atoms with Crippen LogP contribution >= 0.6 is 0 Å². The van der Waals surface area contributed by atoms with Gasteiger partial charge in [-0.15, -0.1) is 5.56 Å². The minimum Gasteiger partial charge on any atom is -0.302 e. The van der Waals surface area contributed by atoms with Crippen LogP contribution in [0.2, 0.25) is 0 Å². The van der Waals surface area contributed by atoms with Crippen LogP contribution in [0.3, 0.4) is 0 Å². The Morgan fingerprint density at radius 1 is 1.23 bits per heavy atom. The molecular weight excluding hydrogens is 153 g/mol. The minimum atomic E-state index is 0. The first-order valence-corrected chi connectivity index (χ1v) is 4.54. The van der Waals surface area contributed by atoms with Crippen molar-refractivity contribution in [3.8, 4) is 0 Å². The van der Waals surface area contributed by atoms with Crippen molar-refractivity contribution in [2.75, 3.05) is 13.1 Å². The zero-order chi connectivity index (χ0) is 8.81. The third-order valence-electron chi connectivity index (χ3n) is 2.06. The zero-order valence-corrected chi connectivity index (χ0v) is 8.88. The molecule has 0 bridgehead atoms. The maximum absolute atomic E-state index is 3.23. The van der Waals surface area contributed by atoms with Gasteiger partial charge in [0.25, 0.3) is 0 Å². The van der Waals surface area contributed by atoms with Crippen LogP contribution in [0.1, 0.15) is 19.4 Å². The van der Waals surface area contributed by atoms with Crippen LogP contribution in [0, 0.1) is 6.07 Å². The molecule has 0 fully saturated rings. The molecule has 0 N–H and O–H groups in total. The van der Waals surface area contributed by atoms with Crippen LogP contribution < -0.4 is 18.9 Å². The number of nitrogens with zero attached hydrogens (tertiary/aromatic N) is 1. The van der Waals surface area contributed by atoms with Crippen LogP contribution in [0.4, 0.5) is 0 Å². The number of hydrogen-bond acceptors (Lipinski definition) is 1. The predicted molar refractivity (Wildman–Crippen MR) is 51.9 cm³/mol. The van der Waals surface area contributed by atoms with Crippen molar-refractivity contribution < 1.29 is 18.9 Å². The molecule has 0 aromatic heterocycles. The molecule has 0 aliphatic carbocycles. The molecule has 0 amide bonds. The summed E-state index contributed by atoms with van der Waals surface area (Å²) in [6.07, 6.45) is 0. The molecule has 0 spiro atoms. The number of benzene rings is 1. The molecule has 0 unspecified atom stereocenters. The molecule has 0 aliphatic heterocycles. The topological polar surface area (TPSA) is 3.24 Å². The monoisotopic (exact) mass is 169 g/mol. The fourth-order valence-corrected chi connectivity index (χ4v) is 1.22. The molecule has 1 aromatic rings. The van der Waals surface area contributed by atoms with E-state index in [9.17, 15) is 0 Å². The van der Waals surface area contributed by atoms with Gasteiger partial charge in [-0.2, -0.15) is 30.3 Å². The Labute approximate surface area is 93.3 Å². The van der Waals surface area contributed by atoms with Crippen molar-refractivity contribution in [3.63, 3.8) is 0 Å². The Balaban J connectivity index is 0.00000144. The van der Waals surface area contributed by atoms with Gasteiger partial charge < -0.3 is 4.90 Å². The van der Waals surface area contributed by atoms with Gasteiger partial charge in [-0.05, 0) is 13.1 Å². The average Bonchev–Trinajstić information content (AvgIpc) is 2.16. The summed E-state index contributed by atoms with van der Waals surface area (Å²) in [6, 6.07) is 11.4. The summed E-state index contributed by atoms with van der Waals surface area (Å²) in [5.74, 6) is 0. The van der Waals surface area contributed by atoms with Gasteiger partial charge in [0.1, 0.15) is 0 Å². The molecule has 0 heterocycles. The fraction of sp³-hybridized carbons (Fsp3) is 0.455. The van der Waals surface area contributed by atoms with Gasteiger partial charge >= 0.3 is 18.9 Å². The van der Waals surface area contributed by atoms with Gasteiger partial charge in [0.2, 0.25) is 0 Å². The van der Waals surface area contributed by atoms with Crippen LogP contribution in [-0.4, -0.2) is 18.0 Å². The van der Waals surface area contributed by atoms with Gasteiger partial charge in [0, 0.05) is 6.54 Å². The van der Waals surface area contributed by atoms with E-state index in [1.165, 1.54) is 5.56 Å². The normalized spacial score (nSPS) is 9.77. The Bertz CT molecular complexity index is 207. The van der Waals surface area contributed by atoms with Gasteiger partial charge in [0.15, 0.2) is 0 Å². The second-order valence-electron chi connectivity index (χ2n) is 2.85. The molecule has 0 saturated carbocycles. The van der Waals surface area contributed by atoms with Crippen LogP contribution in [0.25, 0.3) is 0 Å². The maximum atomic E-state index is 3.23. The van der Waals surface area contributed by atoms with Crippen molar-refractivity contribution in [3.05, 3.63) is 35.9 Å². The second kappa shape index (κ2) is 7.21. The Kier molecular flexibility index (Phi) is 7.08. The summed E-state index contributed by atoms with van der Waals surface area (Å²) in [4.78, 5) is 2.38. The first kappa shape index (κ1) is 12.8. The van der Waals surface area contributed by atoms with E-state index in [1.54, 1.807) is 0 Å². The van der Waals surface area contributed by atoms with E-state index < -0.39 is 0 Å². The number of rotatable bonds is 4. The van der Waals surface area contributed by atoms with Gasteiger partial charge in [-0.1, -0.05) is 13.8 Å². The molecule has 2 heteroatoms. The molecular formula is C11H16LiN. The Morgan fingerprint density at radius 2 is 1.92 bits per heavy atom. The quantitative estimate of drug-likeness (QED) is 0.427. The van der Waals surface area contributed by atoms with E-state index in [-0.39, 0.29) is 18.9 Å². The van der Waals surface area contributed by atoms with E-state index in [0.717, 1.165) is 19.6 Å². The molecule has 66 valence electrons. The third kappa shape index (κ3) is 4.52. The van der Waals surface area contributed by atoms with Crippen molar-refractivity contribution in [1.29, 1.82) is 0 Å². The second-order valence-corrected chi connectivity index (χ2v) is 2.85. The van der Waals surface area contributed by atoms with Crippen LogP contribution in [-0.2, 0) is 6.54 Å². The molecule has 0 atom stereocenters. The smallest absolute Gasteiger partial charge is 0.302 e. The third-order valence-corrected chi connectivity index (χ3v) is 2.06. The first-order chi connectivity index (χ1) is 5.86. The zero-order valence-electron chi connectivity index (χ0n) is 8.88. The van der Waals surface area contributed by atoms with E-state index in [2.05, 4.69) is 36.9 Å².